The second-order valence-electron chi connectivity index (χ2n) is 4.89. The molecule has 3 rings (SSSR count). The van der Waals surface area contributed by atoms with Crippen molar-refractivity contribution in [2.75, 3.05) is 16.8 Å². The van der Waals surface area contributed by atoms with Crippen LogP contribution in [0.5, 0.6) is 0 Å². The Labute approximate surface area is 121 Å². The number of nitrogens with zero attached hydrogens (tertiary/aromatic N) is 1. The molecule has 2 aromatic carbocycles. The number of hydrogen-bond donors (Lipinski definition) is 1. The summed E-state index contributed by atoms with van der Waals surface area (Å²) in [6, 6.07) is 11.6. The van der Waals surface area contributed by atoms with Gasteiger partial charge in [0.25, 0.3) is 5.91 Å². The van der Waals surface area contributed by atoms with Crippen LogP contribution in [-0.2, 0) is 4.79 Å². The van der Waals surface area contributed by atoms with Crippen LogP contribution in [0, 0.1) is 12.7 Å². The van der Waals surface area contributed by atoms with Gasteiger partial charge in [-0.1, -0.05) is 24.3 Å². The maximum atomic E-state index is 14.1. The topological polar surface area (TPSA) is 49.4 Å². The first-order chi connectivity index (χ1) is 10.1. The molecule has 0 saturated carbocycles. The predicted octanol–water partition coefficient (Wildman–Crippen LogP) is 2.73. The van der Waals surface area contributed by atoms with Crippen molar-refractivity contribution in [2.24, 2.45) is 0 Å². The fourth-order valence-corrected chi connectivity index (χ4v) is 2.37. The number of hydrogen-bond acceptors (Lipinski definition) is 2. The molecule has 0 radical (unpaired) electrons. The quantitative estimate of drug-likeness (QED) is 0.875. The highest BCUT2D eigenvalue weighted by Gasteiger charge is 2.28. The molecular weight excluding hydrogens is 271 g/mol. The summed E-state index contributed by atoms with van der Waals surface area (Å²) in [7, 11) is 0. The van der Waals surface area contributed by atoms with E-state index in [2.05, 4.69) is 5.32 Å². The summed E-state index contributed by atoms with van der Waals surface area (Å²) in [5, 5.41) is 2.70. The van der Waals surface area contributed by atoms with Crippen molar-refractivity contribution < 1.29 is 14.0 Å². The van der Waals surface area contributed by atoms with E-state index in [1.165, 1.54) is 11.0 Å². The molecule has 4 nitrogen and oxygen atoms in total. The molecule has 1 heterocycles. The van der Waals surface area contributed by atoms with Crippen molar-refractivity contribution in [3.8, 4) is 0 Å². The monoisotopic (exact) mass is 284 g/mol. The van der Waals surface area contributed by atoms with Crippen molar-refractivity contribution in [3.05, 3.63) is 59.4 Å². The molecule has 0 aliphatic carbocycles. The second kappa shape index (κ2) is 5.01. The van der Waals surface area contributed by atoms with Gasteiger partial charge in [-0.25, -0.2) is 4.39 Å². The number of benzene rings is 2. The summed E-state index contributed by atoms with van der Waals surface area (Å²) < 4.78 is 14.1. The average molecular weight is 284 g/mol. The number of rotatable bonds is 1. The summed E-state index contributed by atoms with van der Waals surface area (Å²) in [5.74, 6) is -1.36. The van der Waals surface area contributed by atoms with Gasteiger partial charge in [-0.05, 0) is 30.7 Å². The number of carbonyl (C=O) groups excluding carboxylic acids is 2. The van der Waals surface area contributed by atoms with E-state index in [9.17, 15) is 14.0 Å². The van der Waals surface area contributed by atoms with Gasteiger partial charge in [-0.3, -0.25) is 14.5 Å². The summed E-state index contributed by atoms with van der Waals surface area (Å²) in [5.41, 5.74) is 1.49. The molecule has 21 heavy (non-hydrogen) atoms. The number of nitrogens with one attached hydrogen (secondary N) is 1. The van der Waals surface area contributed by atoms with Gasteiger partial charge in [0.15, 0.2) is 0 Å². The second-order valence-corrected chi connectivity index (χ2v) is 4.89. The van der Waals surface area contributed by atoms with Gasteiger partial charge < -0.3 is 5.32 Å². The van der Waals surface area contributed by atoms with Crippen LogP contribution in [-0.4, -0.2) is 18.4 Å². The maximum Gasteiger partial charge on any atom is 0.261 e. The average Bonchev–Trinajstić information content (AvgIpc) is 2.48. The molecule has 0 unspecified atom stereocenters. The Morgan fingerprint density at radius 3 is 2.76 bits per heavy atom. The standard InChI is InChI=1S/C16H13FN2O2/c1-10-5-4-6-11(15(10)17)16(21)19-9-14(20)18-12-7-2-3-8-13(12)19/h2-8H,9H2,1H3,(H,18,20). The molecule has 1 aliphatic heterocycles. The molecule has 0 fully saturated rings. The van der Waals surface area contributed by atoms with Crippen LogP contribution in [0.1, 0.15) is 15.9 Å². The molecule has 2 aromatic rings. The van der Waals surface area contributed by atoms with Crippen LogP contribution in [0.4, 0.5) is 15.8 Å². The van der Waals surface area contributed by atoms with Crippen molar-refractivity contribution >= 4 is 23.2 Å². The minimum atomic E-state index is -0.550. The summed E-state index contributed by atoms with van der Waals surface area (Å²) in [6.07, 6.45) is 0. The van der Waals surface area contributed by atoms with E-state index in [4.69, 9.17) is 0 Å². The number of anilines is 2. The third-order valence-electron chi connectivity index (χ3n) is 3.44. The van der Waals surface area contributed by atoms with E-state index in [0.29, 0.717) is 16.9 Å². The Kier molecular flexibility index (Phi) is 3.17. The molecule has 106 valence electrons. The normalized spacial score (nSPS) is 13.6. The van der Waals surface area contributed by atoms with Crippen molar-refractivity contribution in [3.63, 3.8) is 0 Å². The van der Waals surface area contributed by atoms with Crippen LogP contribution >= 0.6 is 0 Å². The van der Waals surface area contributed by atoms with E-state index in [1.807, 2.05) is 0 Å². The van der Waals surface area contributed by atoms with E-state index in [0.717, 1.165) is 0 Å². The Morgan fingerprint density at radius 2 is 1.95 bits per heavy atom. The van der Waals surface area contributed by atoms with Crippen LogP contribution in [0.2, 0.25) is 0 Å². The predicted molar refractivity (Wildman–Crippen MR) is 77.9 cm³/mol. The molecule has 2 amide bonds. The van der Waals surface area contributed by atoms with E-state index >= 15 is 0 Å². The molecule has 1 N–H and O–H groups in total. The fourth-order valence-electron chi connectivity index (χ4n) is 2.37. The summed E-state index contributed by atoms with van der Waals surface area (Å²) in [4.78, 5) is 25.6. The number of aryl methyl sites for hydroxylation is 1. The van der Waals surface area contributed by atoms with Crippen LogP contribution in [0.25, 0.3) is 0 Å². The maximum absolute atomic E-state index is 14.1. The zero-order valence-corrected chi connectivity index (χ0v) is 11.4. The zero-order valence-electron chi connectivity index (χ0n) is 11.4. The smallest absolute Gasteiger partial charge is 0.261 e. The fraction of sp³-hybridized carbons (Fsp3) is 0.125. The van der Waals surface area contributed by atoms with Gasteiger partial charge in [-0.2, -0.15) is 0 Å². The lowest BCUT2D eigenvalue weighted by Gasteiger charge is -2.29. The SMILES string of the molecule is Cc1cccc(C(=O)N2CC(=O)Nc3ccccc32)c1F. The van der Waals surface area contributed by atoms with Crippen molar-refractivity contribution in [1.82, 2.24) is 0 Å². The highest BCUT2D eigenvalue weighted by Crippen LogP contribution is 2.30. The van der Waals surface area contributed by atoms with Gasteiger partial charge >= 0.3 is 0 Å². The number of carbonyl (C=O) groups is 2. The van der Waals surface area contributed by atoms with E-state index in [-0.39, 0.29) is 18.0 Å². The number of para-hydroxylation sites is 2. The Balaban J connectivity index is 2.06. The first-order valence-electron chi connectivity index (χ1n) is 6.54. The molecule has 1 aliphatic rings. The molecule has 0 saturated heterocycles. The summed E-state index contributed by atoms with van der Waals surface area (Å²) in [6.45, 7) is 1.48. The molecule has 0 bridgehead atoms. The van der Waals surface area contributed by atoms with Crippen LogP contribution in [0.3, 0.4) is 0 Å². The van der Waals surface area contributed by atoms with Gasteiger partial charge in [-0.15, -0.1) is 0 Å². The number of halogens is 1. The Hall–Kier alpha value is -2.69. The van der Waals surface area contributed by atoms with E-state index < -0.39 is 11.7 Å². The molecule has 0 atom stereocenters. The van der Waals surface area contributed by atoms with Crippen molar-refractivity contribution in [2.45, 2.75) is 6.92 Å². The third-order valence-corrected chi connectivity index (χ3v) is 3.44. The van der Waals surface area contributed by atoms with Gasteiger partial charge in [0.1, 0.15) is 12.4 Å². The van der Waals surface area contributed by atoms with Gasteiger partial charge in [0.05, 0.1) is 16.9 Å². The Morgan fingerprint density at radius 1 is 1.19 bits per heavy atom. The van der Waals surface area contributed by atoms with Crippen molar-refractivity contribution in [1.29, 1.82) is 0 Å². The lowest BCUT2D eigenvalue weighted by molar-refractivity contribution is -0.115. The number of amides is 2. The highest BCUT2D eigenvalue weighted by atomic mass is 19.1. The lowest BCUT2D eigenvalue weighted by atomic mass is 10.1. The minimum absolute atomic E-state index is 0.0282. The molecule has 0 spiro atoms. The third kappa shape index (κ3) is 2.27. The first-order valence-corrected chi connectivity index (χ1v) is 6.54. The van der Waals surface area contributed by atoms with Gasteiger partial charge in [0.2, 0.25) is 5.91 Å². The first kappa shape index (κ1) is 13.3. The Bertz CT molecular complexity index is 743. The lowest BCUT2D eigenvalue weighted by Crippen LogP contribution is -2.42. The highest BCUT2D eigenvalue weighted by molar-refractivity contribution is 6.15. The number of fused-ring (bicyclic) bond motifs is 1. The molecule has 5 heteroatoms. The minimum Gasteiger partial charge on any atom is -0.323 e. The largest absolute Gasteiger partial charge is 0.323 e. The molecular formula is C16H13FN2O2. The molecule has 0 aromatic heterocycles. The zero-order chi connectivity index (χ0) is 15.0. The summed E-state index contributed by atoms with van der Waals surface area (Å²) >= 11 is 0. The van der Waals surface area contributed by atoms with Crippen LogP contribution in [0.15, 0.2) is 42.5 Å². The van der Waals surface area contributed by atoms with Gasteiger partial charge in [0, 0.05) is 0 Å². The van der Waals surface area contributed by atoms with E-state index in [1.54, 1.807) is 43.3 Å². The van der Waals surface area contributed by atoms with Crippen LogP contribution < -0.4 is 10.2 Å².